The number of fused-ring (bicyclic) bond motifs is 1. The zero-order valence-corrected chi connectivity index (χ0v) is 5.33. The number of hydrogen-bond donors (Lipinski definition) is 2. The van der Waals surface area contributed by atoms with Crippen molar-refractivity contribution in [2.24, 2.45) is 17.8 Å². The topological polar surface area (TPSA) is 40.5 Å². The molecule has 0 aromatic heterocycles. The Balaban J connectivity index is 1.99. The van der Waals surface area contributed by atoms with E-state index in [1.807, 2.05) is 0 Å². The fourth-order valence-corrected chi connectivity index (χ4v) is 2.02. The van der Waals surface area contributed by atoms with Crippen LogP contribution in [0.2, 0.25) is 0 Å². The van der Waals surface area contributed by atoms with Gasteiger partial charge in [0.25, 0.3) is 0 Å². The van der Waals surface area contributed by atoms with Crippen molar-refractivity contribution in [3.8, 4) is 0 Å². The summed E-state index contributed by atoms with van der Waals surface area (Å²) in [4.78, 5) is 0. The predicted molar refractivity (Wildman–Crippen MR) is 32.8 cm³/mol. The van der Waals surface area contributed by atoms with Crippen molar-refractivity contribution < 1.29 is 10.2 Å². The van der Waals surface area contributed by atoms with Gasteiger partial charge in [0.1, 0.15) is 0 Å². The molecule has 2 aliphatic rings. The van der Waals surface area contributed by atoms with Crippen LogP contribution < -0.4 is 0 Å². The summed E-state index contributed by atoms with van der Waals surface area (Å²) < 4.78 is 0. The summed E-state index contributed by atoms with van der Waals surface area (Å²) in [6.45, 7) is 0.175. The molecule has 9 heavy (non-hydrogen) atoms. The van der Waals surface area contributed by atoms with Gasteiger partial charge in [0.2, 0.25) is 0 Å². The molecular formula is C7H12O2. The molecule has 2 rings (SSSR count). The predicted octanol–water partition coefficient (Wildman–Crippen LogP) is -0.00440. The zero-order valence-electron chi connectivity index (χ0n) is 5.33. The third-order valence-corrected chi connectivity index (χ3v) is 2.74. The van der Waals surface area contributed by atoms with Crippen molar-refractivity contribution in [1.82, 2.24) is 0 Å². The highest BCUT2D eigenvalue weighted by atomic mass is 16.3. The minimum absolute atomic E-state index is 0.175. The van der Waals surface area contributed by atoms with Crippen LogP contribution in [0, 0.1) is 17.8 Å². The van der Waals surface area contributed by atoms with Gasteiger partial charge >= 0.3 is 0 Å². The Morgan fingerprint density at radius 3 is 2.44 bits per heavy atom. The van der Waals surface area contributed by atoms with Crippen LogP contribution in [0.1, 0.15) is 12.8 Å². The fourth-order valence-electron chi connectivity index (χ4n) is 2.02. The lowest BCUT2D eigenvalue weighted by Crippen LogP contribution is -2.20. The standard InChI is InChI=1S/C7H12O2/c8-3-5-1-4-2-6(4)7(5)9/h4-9H,1-3H2. The van der Waals surface area contributed by atoms with Crippen molar-refractivity contribution in [2.45, 2.75) is 18.9 Å². The lowest BCUT2D eigenvalue weighted by Gasteiger charge is -2.13. The molecular weight excluding hydrogens is 116 g/mol. The zero-order chi connectivity index (χ0) is 6.43. The van der Waals surface area contributed by atoms with Gasteiger partial charge in [-0.05, 0) is 24.7 Å². The largest absolute Gasteiger partial charge is 0.396 e. The summed E-state index contributed by atoms with van der Waals surface area (Å²) in [5.41, 5.74) is 0. The van der Waals surface area contributed by atoms with Crippen molar-refractivity contribution >= 4 is 0 Å². The normalized spacial score (nSPS) is 55.3. The molecule has 2 nitrogen and oxygen atoms in total. The number of aliphatic hydroxyl groups excluding tert-OH is 2. The molecule has 4 unspecified atom stereocenters. The smallest absolute Gasteiger partial charge is 0.0621 e. The minimum atomic E-state index is -0.181. The Hall–Kier alpha value is -0.0800. The van der Waals surface area contributed by atoms with Gasteiger partial charge in [0.15, 0.2) is 0 Å². The van der Waals surface area contributed by atoms with E-state index in [1.165, 1.54) is 6.42 Å². The lowest BCUT2D eigenvalue weighted by atomic mass is 10.0. The van der Waals surface area contributed by atoms with E-state index in [0.717, 1.165) is 12.3 Å². The van der Waals surface area contributed by atoms with Crippen molar-refractivity contribution in [3.63, 3.8) is 0 Å². The van der Waals surface area contributed by atoms with Crippen LogP contribution >= 0.6 is 0 Å². The highest BCUT2D eigenvalue weighted by molar-refractivity contribution is 5.01. The molecule has 2 saturated carbocycles. The third kappa shape index (κ3) is 0.700. The van der Waals surface area contributed by atoms with Crippen molar-refractivity contribution in [1.29, 1.82) is 0 Å². The van der Waals surface area contributed by atoms with Crippen LogP contribution in [0.4, 0.5) is 0 Å². The van der Waals surface area contributed by atoms with Crippen LogP contribution in [0.5, 0.6) is 0 Å². The minimum Gasteiger partial charge on any atom is -0.396 e. The van der Waals surface area contributed by atoms with E-state index in [1.54, 1.807) is 0 Å². The first kappa shape index (κ1) is 5.69. The van der Waals surface area contributed by atoms with Crippen molar-refractivity contribution in [3.05, 3.63) is 0 Å². The van der Waals surface area contributed by atoms with E-state index in [9.17, 15) is 5.11 Å². The van der Waals surface area contributed by atoms with E-state index in [2.05, 4.69) is 0 Å². The SMILES string of the molecule is OCC1CC2CC2C1O. The quantitative estimate of drug-likeness (QED) is 0.521. The fraction of sp³-hybridized carbons (Fsp3) is 1.00. The summed E-state index contributed by atoms with van der Waals surface area (Å²) in [5.74, 6) is 1.52. The summed E-state index contributed by atoms with van der Waals surface area (Å²) in [6.07, 6.45) is 2.08. The molecule has 2 fully saturated rings. The number of hydrogen-bond acceptors (Lipinski definition) is 2. The van der Waals surface area contributed by atoms with Gasteiger partial charge in [0, 0.05) is 12.5 Å². The van der Waals surface area contributed by atoms with Crippen LogP contribution in [-0.4, -0.2) is 22.9 Å². The molecule has 0 aliphatic heterocycles. The van der Waals surface area contributed by atoms with Gasteiger partial charge < -0.3 is 10.2 Å². The maximum absolute atomic E-state index is 9.34. The molecule has 0 amide bonds. The summed E-state index contributed by atoms with van der Waals surface area (Å²) in [6, 6.07) is 0. The van der Waals surface area contributed by atoms with Crippen LogP contribution in [-0.2, 0) is 0 Å². The first-order valence-corrected chi connectivity index (χ1v) is 3.62. The highest BCUT2D eigenvalue weighted by Crippen LogP contribution is 2.54. The lowest BCUT2D eigenvalue weighted by molar-refractivity contribution is 0.0706. The average molecular weight is 128 g/mol. The molecule has 0 aromatic rings. The molecule has 0 spiro atoms. The summed E-state index contributed by atoms with van der Waals surface area (Å²) in [5, 5.41) is 18.1. The van der Waals surface area contributed by atoms with Gasteiger partial charge in [0.05, 0.1) is 6.10 Å². The highest BCUT2D eigenvalue weighted by Gasteiger charge is 2.52. The molecule has 2 heteroatoms. The second-order valence-corrected chi connectivity index (χ2v) is 3.33. The number of aliphatic hydroxyl groups is 2. The molecule has 0 radical (unpaired) electrons. The van der Waals surface area contributed by atoms with E-state index in [-0.39, 0.29) is 18.6 Å². The second kappa shape index (κ2) is 1.70. The first-order chi connectivity index (χ1) is 4.33. The molecule has 0 aromatic carbocycles. The van der Waals surface area contributed by atoms with Crippen LogP contribution in [0.3, 0.4) is 0 Å². The van der Waals surface area contributed by atoms with Gasteiger partial charge in [-0.2, -0.15) is 0 Å². The Morgan fingerprint density at radius 1 is 1.33 bits per heavy atom. The Labute approximate surface area is 54.5 Å². The maximum Gasteiger partial charge on any atom is 0.0621 e. The average Bonchev–Trinajstić information content (AvgIpc) is 2.55. The second-order valence-electron chi connectivity index (χ2n) is 3.33. The molecule has 4 atom stereocenters. The first-order valence-electron chi connectivity index (χ1n) is 3.62. The molecule has 0 heterocycles. The molecule has 2 N–H and O–H groups in total. The van der Waals surface area contributed by atoms with E-state index < -0.39 is 0 Å². The van der Waals surface area contributed by atoms with E-state index >= 15 is 0 Å². The van der Waals surface area contributed by atoms with Gasteiger partial charge in [-0.15, -0.1) is 0 Å². The third-order valence-electron chi connectivity index (χ3n) is 2.74. The van der Waals surface area contributed by atoms with Crippen LogP contribution in [0.15, 0.2) is 0 Å². The maximum atomic E-state index is 9.34. The Kier molecular flexibility index (Phi) is 1.08. The van der Waals surface area contributed by atoms with Gasteiger partial charge in [-0.3, -0.25) is 0 Å². The molecule has 52 valence electrons. The Morgan fingerprint density at radius 2 is 2.11 bits per heavy atom. The van der Waals surface area contributed by atoms with Crippen molar-refractivity contribution in [2.75, 3.05) is 6.61 Å². The van der Waals surface area contributed by atoms with Gasteiger partial charge in [-0.1, -0.05) is 0 Å². The number of rotatable bonds is 1. The van der Waals surface area contributed by atoms with Gasteiger partial charge in [-0.25, -0.2) is 0 Å². The molecule has 2 aliphatic carbocycles. The monoisotopic (exact) mass is 128 g/mol. The Bertz CT molecular complexity index is 124. The van der Waals surface area contributed by atoms with E-state index in [4.69, 9.17) is 5.11 Å². The molecule has 0 bridgehead atoms. The summed E-state index contributed by atoms with van der Waals surface area (Å²) >= 11 is 0. The van der Waals surface area contributed by atoms with E-state index in [0.29, 0.717) is 5.92 Å². The summed E-state index contributed by atoms with van der Waals surface area (Å²) in [7, 11) is 0. The molecule has 0 saturated heterocycles. The van der Waals surface area contributed by atoms with Crippen LogP contribution in [0.25, 0.3) is 0 Å².